The highest BCUT2D eigenvalue weighted by atomic mass is 35.5. The summed E-state index contributed by atoms with van der Waals surface area (Å²) in [6.45, 7) is 10.2. The van der Waals surface area contributed by atoms with Crippen molar-refractivity contribution < 1.29 is 0 Å². The smallest absolute Gasteiger partial charge is 0.0710 e. The fraction of sp³-hybridized carbons (Fsp3) is 0.750. The Labute approximate surface area is 74.2 Å². The van der Waals surface area contributed by atoms with Crippen LogP contribution < -0.4 is 0 Å². The first-order chi connectivity index (χ1) is 4.37. The third-order valence-corrected chi connectivity index (χ3v) is 1.13. The molecule has 0 aromatic carbocycles. The minimum absolute atomic E-state index is 0.370. The molecule has 0 rings (SSSR count). The Morgan fingerprint density at radius 1 is 1.00 bits per heavy atom. The topological polar surface area (TPSA) is 0 Å². The molecule has 0 bridgehead atoms. The molecular formula is C8H16Cl2. The maximum Gasteiger partial charge on any atom is 0.105 e. The third-order valence-electron chi connectivity index (χ3n) is 0.378. The van der Waals surface area contributed by atoms with Gasteiger partial charge >= 0.3 is 0 Å². The van der Waals surface area contributed by atoms with Gasteiger partial charge in [-0.25, -0.2) is 0 Å². The lowest BCUT2D eigenvalue weighted by Crippen LogP contribution is -1.66. The van der Waals surface area contributed by atoms with Crippen LogP contribution in [0, 0.1) is 5.92 Å². The van der Waals surface area contributed by atoms with E-state index in [2.05, 4.69) is 20.8 Å². The molecule has 0 atom stereocenters. The number of halogens is 2. The van der Waals surface area contributed by atoms with Crippen LogP contribution in [0.3, 0.4) is 0 Å². The van der Waals surface area contributed by atoms with E-state index < -0.39 is 0 Å². The third kappa shape index (κ3) is 23.9. The Morgan fingerprint density at radius 2 is 1.10 bits per heavy atom. The van der Waals surface area contributed by atoms with Crippen LogP contribution in [0.4, 0.5) is 0 Å². The average molecular weight is 183 g/mol. The molecular weight excluding hydrogens is 167 g/mol. The summed E-state index contributed by atoms with van der Waals surface area (Å²) in [5.74, 6) is 0.833. The van der Waals surface area contributed by atoms with E-state index in [1.807, 2.05) is 13.8 Å². The molecule has 0 aliphatic rings. The average Bonchev–Trinajstić information content (AvgIpc) is 1.63. The summed E-state index contributed by atoms with van der Waals surface area (Å²) in [6.07, 6.45) is 0. The largest absolute Gasteiger partial charge is 0.105 e. The van der Waals surface area contributed by atoms with Crippen molar-refractivity contribution >= 4 is 23.2 Å². The van der Waals surface area contributed by atoms with Crippen molar-refractivity contribution in [2.24, 2.45) is 5.92 Å². The first-order valence-corrected chi connectivity index (χ1v) is 4.12. The lowest BCUT2D eigenvalue weighted by atomic mass is 10.3. The predicted molar refractivity (Wildman–Crippen MR) is 50.6 cm³/mol. The number of allylic oxidation sites excluding steroid dienone is 1. The second kappa shape index (κ2) is 7.43. The van der Waals surface area contributed by atoms with Gasteiger partial charge in [-0.3, -0.25) is 0 Å². The van der Waals surface area contributed by atoms with Gasteiger partial charge in [0.25, 0.3) is 0 Å². The molecule has 62 valence electrons. The van der Waals surface area contributed by atoms with Crippen molar-refractivity contribution in [3.05, 3.63) is 10.1 Å². The summed E-state index contributed by atoms with van der Waals surface area (Å²) < 4.78 is 0.370. The second-order valence-electron chi connectivity index (χ2n) is 2.99. The van der Waals surface area contributed by atoms with Crippen molar-refractivity contribution in [3.8, 4) is 0 Å². The van der Waals surface area contributed by atoms with E-state index in [0.717, 1.165) is 11.5 Å². The Hall–Kier alpha value is 0.320. The van der Waals surface area contributed by atoms with Crippen LogP contribution >= 0.6 is 23.2 Å². The molecule has 0 unspecified atom stereocenters. The lowest BCUT2D eigenvalue weighted by Gasteiger charge is -1.82. The molecule has 10 heavy (non-hydrogen) atoms. The van der Waals surface area contributed by atoms with Gasteiger partial charge in [0.2, 0.25) is 0 Å². The summed E-state index contributed by atoms with van der Waals surface area (Å²) in [5, 5.41) is 0. The van der Waals surface area contributed by atoms with Crippen LogP contribution in [0.1, 0.15) is 34.6 Å². The molecule has 0 aromatic rings. The number of hydrogen-bond donors (Lipinski definition) is 0. The zero-order valence-corrected chi connectivity index (χ0v) is 8.85. The Balaban J connectivity index is 0. The van der Waals surface area contributed by atoms with Gasteiger partial charge in [0, 0.05) is 0 Å². The van der Waals surface area contributed by atoms with Crippen molar-refractivity contribution in [2.45, 2.75) is 34.6 Å². The summed E-state index contributed by atoms with van der Waals surface area (Å²) in [4.78, 5) is 0. The van der Waals surface area contributed by atoms with Crippen molar-refractivity contribution in [1.29, 1.82) is 0 Å². The Kier molecular flexibility index (Phi) is 9.62. The van der Waals surface area contributed by atoms with Gasteiger partial charge in [-0.05, 0) is 25.3 Å². The second-order valence-corrected chi connectivity index (χ2v) is 3.94. The number of hydrogen-bond acceptors (Lipinski definition) is 0. The van der Waals surface area contributed by atoms with E-state index in [4.69, 9.17) is 23.2 Å². The van der Waals surface area contributed by atoms with Gasteiger partial charge < -0.3 is 0 Å². The molecule has 2 heteroatoms. The van der Waals surface area contributed by atoms with E-state index >= 15 is 0 Å². The minimum atomic E-state index is 0.370. The molecule has 0 fully saturated rings. The fourth-order valence-electron chi connectivity index (χ4n) is 0. The predicted octanol–water partition coefficient (Wildman–Crippen LogP) is 4.38. The number of rotatable bonds is 0. The molecule has 0 spiro atoms. The van der Waals surface area contributed by atoms with Crippen LogP contribution in [0.15, 0.2) is 10.1 Å². The van der Waals surface area contributed by atoms with E-state index in [9.17, 15) is 0 Å². The summed E-state index contributed by atoms with van der Waals surface area (Å²) >= 11 is 10.5. The first-order valence-electron chi connectivity index (χ1n) is 3.36. The monoisotopic (exact) mass is 182 g/mol. The van der Waals surface area contributed by atoms with Crippen molar-refractivity contribution in [2.75, 3.05) is 0 Å². The van der Waals surface area contributed by atoms with Crippen LogP contribution in [-0.2, 0) is 0 Å². The van der Waals surface area contributed by atoms with Gasteiger partial charge in [0.05, 0.1) is 0 Å². The molecule has 0 aliphatic heterocycles. The molecule has 0 saturated heterocycles. The van der Waals surface area contributed by atoms with Gasteiger partial charge in [-0.2, -0.15) is 0 Å². The molecule has 0 radical (unpaired) electrons. The van der Waals surface area contributed by atoms with E-state index in [-0.39, 0.29) is 0 Å². The highest BCUT2D eigenvalue weighted by Gasteiger charge is 1.81. The Bertz CT molecular complexity index is 83.1. The van der Waals surface area contributed by atoms with Crippen molar-refractivity contribution in [3.63, 3.8) is 0 Å². The van der Waals surface area contributed by atoms with Crippen LogP contribution in [0.25, 0.3) is 0 Å². The van der Waals surface area contributed by atoms with Gasteiger partial charge in [-0.15, -0.1) is 0 Å². The zero-order chi connectivity index (χ0) is 8.73. The molecule has 0 nitrogen and oxygen atoms in total. The van der Waals surface area contributed by atoms with E-state index in [0.29, 0.717) is 4.49 Å². The van der Waals surface area contributed by atoms with Crippen molar-refractivity contribution in [1.82, 2.24) is 0 Å². The summed E-state index contributed by atoms with van der Waals surface area (Å²) in [5.41, 5.74) is 0.957. The zero-order valence-electron chi connectivity index (χ0n) is 7.33. The van der Waals surface area contributed by atoms with Gasteiger partial charge in [0.1, 0.15) is 4.49 Å². The van der Waals surface area contributed by atoms with Crippen LogP contribution in [0.2, 0.25) is 0 Å². The highest BCUT2D eigenvalue weighted by molar-refractivity contribution is 6.56. The molecule has 0 saturated carbocycles. The fourth-order valence-corrected chi connectivity index (χ4v) is 0. The molecule has 0 heterocycles. The van der Waals surface area contributed by atoms with Crippen LogP contribution in [-0.4, -0.2) is 0 Å². The van der Waals surface area contributed by atoms with Gasteiger partial charge in [-0.1, -0.05) is 44.0 Å². The molecule has 0 aliphatic carbocycles. The molecule has 0 aromatic heterocycles. The first kappa shape index (κ1) is 12.9. The maximum atomic E-state index is 5.26. The van der Waals surface area contributed by atoms with Crippen LogP contribution in [0.5, 0.6) is 0 Å². The standard InChI is InChI=1S/C4H6Cl2.C4H10/c1-3(2)4(5)6;1-4(2)3/h1-2H3;4H,1-3H3. The van der Waals surface area contributed by atoms with E-state index in [1.165, 1.54) is 0 Å². The minimum Gasteiger partial charge on any atom is -0.0710 e. The van der Waals surface area contributed by atoms with Gasteiger partial charge in [0.15, 0.2) is 0 Å². The SMILES string of the molecule is CC(C)=C(Cl)Cl.CC(C)C. The quantitative estimate of drug-likeness (QED) is 0.522. The lowest BCUT2D eigenvalue weighted by molar-refractivity contribution is 0.737. The maximum absolute atomic E-state index is 5.26. The molecule has 0 amide bonds. The normalized spacial score (nSPS) is 8.40. The highest BCUT2D eigenvalue weighted by Crippen LogP contribution is 2.11. The van der Waals surface area contributed by atoms with E-state index in [1.54, 1.807) is 0 Å². The summed E-state index contributed by atoms with van der Waals surface area (Å²) in [7, 11) is 0. The summed E-state index contributed by atoms with van der Waals surface area (Å²) in [6, 6.07) is 0. The Morgan fingerprint density at radius 3 is 1.10 bits per heavy atom. The molecule has 0 N–H and O–H groups in total.